The SMILES string of the molecule is COc1cc2c(Cl)c(C(=O)OC(C)C)sc2cc1[N+](=O)[O-]. The lowest BCUT2D eigenvalue weighted by atomic mass is 10.2. The summed E-state index contributed by atoms with van der Waals surface area (Å²) in [7, 11) is 1.34. The highest BCUT2D eigenvalue weighted by Crippen LogP contribution is 2.41. The van der Waals surface area contributed by atoms with Crippen LogP contribution in [0.2, 0.25) is 5.02 Å². The van der Waals surface area contributed by atoms with Gasteiger partial charge in [-0.1, -0.05) is 11.6 Å². The Morgan fingerprint density at radius 1 is 1.43 bits per heavy atom. The Morgan fingerprint density at radius 3 is 2.62 bits per heavy atom. The van der Waals surface area contributed by atoms with Crippen LogP contribution in [0.5, 0.6) is 5.75 Å². The zero-order chi connectivity index (χ0) is 15.7. The number of methoxy groups -OCH3 is 1. The Morgan fingerprint density at radius 2 is 2.10 bits per heavy atom. The molecule has 0 spiro atoms. The topological polar surface area (TPSA) is 78.7 Å². The molecule has 1 heterocycles. The predicted molar refractivity (Wildman–Crippen MR) is 80.6 cm³/mol. The van der Waals surface area contributed by atoms with Gasteiger partial charge in [0.15, 0.2) is 5.75 Å². The minimum absolute atomic E-state index is 0.0935. The molecular weight excluding hydrogens is 318 g/mol. The number of nitrogens with zero attached hydrogens (tertiary/aromatic N) is 1. The first-order chi connectivity index (χ1) is 9.85. The van der Waals surface area contributed by atoms with Gasteiger partial charge in [0.25, 0.3) is 0 Å². The van der Waals surface area contributed by atoms with Gasteiger partial charge >= 0.3 is 11.7 Å². The zero-order valence-corrected chi connectivity index (χ0v) is 13.1. The second-order valence-electron chi connectivity index (χ2n) is 4.48. The van der Waals surface area contributed by atoms with Gasteiger partial charge < -0.3 is 9.47 Å². The minimum Gasteiger partial charge on any atom is -0.490 e. The van der Waals surface area contributed by atoms with E-state index in [1.807, 2.05) is 0 Å². The Hall–Kier alpha value is -1.86. The standard InChI is InChI=1S/C13H12ClNO5S/c1-6(2)20-13(16)12-11(14)7-4-9(19-3)8(15(17)18)5-10(7)21-12/h4-6H,1-3H3. The Balaban J connectivity index is 2.60. The highest BCUT2D eigenvalue weighted by molar-refractivity contribution is 7.21. The van der Waals surface area contributed by atoms with Crippen molar-refractivity contribution in [2.24, 2.45) is 0 Å². The molecule has 0 aliphatic heterocycles. The average molecular weight is 330 g/mol. The molecular formula is C13H12ClNO5S. The molecule has 1 aromatic heterocycles. The van der Waals surface area contributed by atoms with Gasteiger partial charge in [-0.2, -0.15) is 0 Å². The van der Waals surface area contributed by atoms with E-state index in [-0.39, 0.29) is 27.4 Å². The highest BCUT2D eigenvalue weighted by Gasteiger charge is 2.24. The van der Waals surface area contributed by atoms with E-state index in [9.17, 15) is 14.9 Å². The lowest BCUT2D eigenvalue weighted by molar-refractivity contribution is -0.385. The molecule has 0 bridgehead atoms. The molecule has 21 heavy (non-hydrogen) atoms. The monoisotopic (exact) mass is 329 g/mol. The zero-order valence-electron chi connectivity index (χ0n) is 11.5. The molecule has 0 fully saturated rings. The van der Waals surface area contributed by atoms with Gasteiger partial charge in [0.1, 0.15) is 4.88 Å². The van der Waals surface area contributed by atoms with Crippen LogP contribution < -0.4 is 4.74 Å². The largest absolute Gasteiger partial charge is 0.490 e. The Labute approximate surface area is 129 Å². The number of rotatable bonds is 4. The van der Waals surface area contributed by atoms with Crippen molar-refractivity contribution in [3.63, 3.8) is 0 Å². The molecule has 8 heteroatoms. The summed E-state index contributed by atoms with van der Waals surface area (Å²) in [6.45, 7) is 3.46. The molecule has 0 aliphatic rings. The van der Waals surface area contributed by atoms with E-state index in [4.69, 9.17) is 21.1 Å². The first kappa shape index (κ1) is 15.5. The van der Waals surface area contributed by atoms with Crippen molar-refractivity contribution in [3.05, 3.63) is 32.1 Å². The summed E-state index contributed by atoms with van der Waals surface area (Å²) in [4.78, 5) is 22.6. The number of carbonyl (C=O) groups excluding carboxylic acids is 1. The number of halogens is 1. The maximum Gasteiger partial charge on any atom is 0.350 e. The van der Waals surface area contributed by atoms with E-state index in [0.717, 1.165) is 11.3 Å². The molecule has 0 aliphatic carbocycles. The lowest BCUT2D eigenvalue weighted by Gasteiger charge is -2.06. The van der Waals surface area contributed by atoms with Gasteiger partial charge in [-0.3, -0.25) is 10.1 Å². The first-order valence-electron chi connectivity index (χ1n) is 6.00. The molecule has 2 rings (SSSR count). The van der Waals surface area contributed by atoms with Gasteiger partial charge in [-0.05, 0) is 19.9 Å². The molecule has 1 aromatic carbocycles. The lowest BCUT2D eigenvalue weighted by Crippen LogP contribution is -2.10. The second-order valence-corrected chi connectivity index (χ2v) is 5.91. The van der Waals surface area contributed by atoms with Crippen molar-refractivity contribution in [1.29, 1.82) is 0 Å². The van der Waals surface area contributed by atoms with E-state index < -0.39 is 10.9 Å². The number of nitro groups is 1. The summed E-state index contributed by atoms with van der Waals surface area (Å²) in [5.74, 6) is -0.450. The number of thiophene rings is 1. The third-order valence-corrected chi connectivity index (χ3v) is 4.29. The second kappa shape index (κ2) is 5.87. The molecule has 6 nitrogen and oxygen atoms in total. The fourth-order valence-electron chi connectivity index (χ4n) is 1.79. The number of ether oxygens (including phenoxy) is 2. The van der Waals surface area contributed by atoms with Gasteiger partial charge in [-0.15, -0.1) is 11.3 Å². The highest BCUT2D eigenvalue weighted by atomic mass is 35.5. The van der Waals surface area contributed by atoms with E-state index >= 15 is 0 Å². The van der Waals surface area contributed by atoms with E-state index in [2.05, 4.69) is 0 Å². The van der Waals surface area contributed by atoms with E-state index in [0.29, 0.717) is 10.1 Å². The van der Waals surface area contributed by atoms with Crippen molar-refractivity contribution in [2.45, 2.75) is 20.0 Å². The Kier molecular flexibility index (Phi) is 4.34. The number of nitro benzene ring substituents is 1. The minimum atomic E-state index is -0.544. The van der Waals surface area contributed by atoms with Crippen molar-refractivity contribution in [1.82, 2.24) is 0 Å². The number of esters is 1. The van der Waals surface area contributed by atoms with Crippen LogP contribution in [0.3, 0.4) is 0 Å². The molecule has 0 atom stereocenters. The van der Waals surface area contributed by atoms with E-state index in [1.165, 1.54) is 19.2 Å². The Bertz CT molecular complexity index is 725. The summed E-state index contributed by atoms with van der Waals surface area (Å²) in [6, 6.07) is 2.80. The maximum atomic E-state index is 12.0. The molecule has 0 amide bonds. The summed E-state index contributed by atoms with van der Waals surface area (Å²) < 4.78 is 10.6. The number of carbonyl (C=O) groups is 1. The van der Waals surface area contributed by atoms with Crippen molar-refractivity contribution >= 4 is 44.7 Å². The summed E-state index contributed by atoms with van der Waals surface area (Å²) in [5.41, 5.74) is -0.174. The van der Waals surface area contributed by atoms with Gasteiger partial charge in [0, 0.05) is 16.2 Å². The van der Waals surface area contributed by atoms with Crippen molar-refractivity contribution in [3.8, 4) is 5.75 Å². The first-order valence-corrected chi connectivity index (χ1v) is 7.20. The van der Waals surface area contributed by atoms with Crippen LogP contribution in [0.1, 0.15) is 23.5 Å². The number of hydrogen-bond donors (Lipinski definition) is 0. The van der Waals surface area contributed by atoms with Crippen LogP contribution in [-0.2, 0) is 4.74 Å². The molecule has 0 saturated heterocycles. The number of hydrogen-bond acceptors (Lipinski definition) is 6. The van der Waals surface area contributed by atoms with Crippen LogP contribution in [0.4, 0.5) is 5.69 Å². The summed E-state index contributed by atoms with van der Waals surface area (Å²) in [5, 5.41) is 11.7. The fraction of sp³-hybridized carbons (Fsp3) is 0.308. The smallest absolute Gasteiger partial charge is 0.350 e. The van der Waals surface area contributed by atoms with Gasteiger partial charge in [0.05, 0.1) is 23.2 Å². The predicted octanol–water partition coefficient (Wildman–Crippen LogP) is 4.04. The normalized spacial score (nSPS) is 10.9. The molecule has 0 radical (unpaired) electrons. The molecule has 112 valence electrons. The fourth-order valence-corrected chi connectivity index (χ4v) is 3.18. The van der Waals surface area contributed by atoms with Crippen molar-refractivity contribution in [2.75, 3.05) is 7.11 Å². The van der Waals surface area contributed by atoms with Crippen molar-refractivity contribution < 1.29 is 19.2 Å². The molecule has 0 N–H and O–H groups in total. The molecule has 0 saturated carbocycles. The average Bonchev–Trinajstić information content (AvgIpc) is 2.73. The summed E-state index contributed by atoms with van der Waals surface area (Å²) >= 11 is 7.24. The van der Waals surface area contributed by atoms with Gasteiger partial charge in [0.2, 0.25) is 0 Å². The molecule has 2 aromatic rings. The van der Waals surface area contributed by atoms with Gasteiger partial charge in [-0.25, -0.2) is 4.79 Å². The third-order valence-electron chi connectivity index (χ3n) is 2.65. The van der Waals surface area contributed by atoms with Crippen LogP contribution in [0.15, 0.2) is 12.1 Å². The van der Waals surface area contributed by atoms with Crippen LogP contribution in [0.25, 0.3) is 10.1 Å². The van der Waals surface area contributed by atoms with Crippen LogP contribution in [-0.4, -0.2) is 24.1 Å². The number of benzene rings is 1. The summed E-state index contributed by atoms with van der Waals surface area (Å²) in [6.07, 6.45) is -0.275. The third kappa shape index (κ3) is 2.93. The quantitative estimate of drug-likeness (QED) is 0.480. The van der Waals surface area contributed by atoms with Crippen LogP contribution >= 0.6 is 22.9 Å². The van der Waals surface area contributed by atoms with E-state index in [1.54, 1.807) is 13.8 Å². The molecule has 0 unspecified atom stereocenters. The number of fused-ring (bicyclic) bond motifs is 1. The van der Waals surface area contributed by atoms with Crippen LogP contribution in [0, 0.1) is 10.1 Å². The maximum absolute atomic E-state index is 12.0.